The number of nitrogens with one attached hydrogen (secondary N) is 1. The van der Waals surface area contributed by atoms with E-state index in [1.165, 1.54) is 6.33 Å². The van der Waals surface area contributed by atoms with E-state index in [0.717, 1.165) is 38.4 Å². The van der Waals surface area contributed by atoms with E-state index in [0.29, 0.717) is 23.0 Å². The molecule has 27 heavy (non-hydrogen) atoms. The SMILES string of the molecule is CCN1CCN(C(=O)c2cc(Nc3ccc(OC)c(OC)c3)ncn2)CC1. The second-order valence-electron chi connectivity index (χ2n) is 6.21. The topological polar surface area (TPSA) is 79.8 Å². The molecule has 1 saturated heterocycles. The molecular formula is C19H25N5O3. The van der Waals surface area contributed by atoms with Crippen molar-refractivity contribution in [2.45, 2.75) is 6.92 Å². The van der Waals surface area contributed by atoms with E-state index in [9.17, 15) is 4.79 Å². The minimum absolute atomic E-state index is 0.0662. The van der Waals surface area contributed by atoms with Gasteiger partial charge in [0.1, 0.15) is 17.8 Å². The minimum Gasteiger partial charge on any atom is -0.493 e. The summed E-state index contributed by atoms with van der Waals surface area (Å²) in [5.74, 6) is 1.74. The zero-order valence-corrected chi connectivity index (χ0v) is 15.9. The molecule has 0 radical (unpaired) electrons. The Hall–Kier alpha value is -2.87. The first-order valence-electron chi connectivity index (χ1n) is 8.97. The molecule has 1 aliphatic rings. The third-order valence-corrected chi connectivity index (χ3v) is 4.65. The lowest BCUT2D eigenvalue weighted by molar-refractivity contribution is 0.0637. The van der Waals surface area contributed by atoms with Crippen molar-refractivity contribution in [1.82, 2.24) is 19.8 Å². The van der Waals surface area contributed by atoms with Crippen LogP contribution in [0.5, 0.6) is 11.5 Å². The largest absolute Gasteiger partial charge is 0.493 e. The number of carbonyl (C=O) groups is 1. The van der Waals surface area contributed by atoms with E-state index in [-0.39, 0.29) is 5.91 Å². The number of carbonyl (C=O) groups excluding carboxylic acids is 1. The maximum atomic E-state index is 12.7. The Morgan fingerprint density at radius 1 is 1.07 bits per heavy atom. The summed E-state index contributed by atoms with van der Waals surface area (Å²) in [5.41, 5.74) is 1.17. The molecule has 1 amide bonds. The van der Waals surface area contributed by atoms with Crippen molar-refractivity contribution in [2.75, 3.05) is 52.3 Å². The maximum Gasteiger partial charge on any atom is 0.272 e. The molecule has 0 saturated carbocycles. The molecule has 0 aliphatic carbocycles. The van der Waals surface area contributed by atoms with Gasteiger partial charge in [0.2, 0.25) is 0 Å². The Morgan fingerprint density at radius 3 is 2.48 bits per heavy atom. The van der Waals surface area contributed by atoms with Gasteiger partial charge in [-0.25, -0.2) is 9.97 Å². The molecule has 8 nitrogen and oxygen atoms in total. The van der Waals surface area contributed by atoms with Crippen LogP contribution in [0.3, 0.4) is 0 Å². The number of rotatable bonds is 6. The molecule has 1 aromatic heterocycles. The molecule has 0 unspecified atom stereocenters. The Balaban J connectivity index is 1.71. The fourth-order valence-corrected chi connectivity index (χ4v) is 3.03. The quantitative estimate of drug-likeness (QED) is 0.832. The van der Waals surface area contributed by atoms with Gasteiger partial charge in [-0.2, -0.15) is 0 Å². The van der Waals surface area contributed by atoms with Crippen LogP contribution in [0.1, 0.15) is 17.4 Å². The number of benzene rings is 1. The average molecular weight is 371 g/mol. The van der Waals surface area contributed by atoms with Gasteiger partial charge in [-0.3, -0.25) is 4.79 Å². The van der Waals surface area contributed by atoms with Crippen LogP contribution in [-0.4, -0.2) is 72.6 Å². The van der Waals surface area contributed by atoms with Crippen molar-refractivity contribution in [1.29, 1.82) is 0 Å². The van der Waals surface area contributed by atoms with Crippen molar-refractivity contribution in [3.05, 3.63) is 36.3 Å². The number of anilines is 2. The molecule has 0 atom stereocenters. The van der Waals surface area contributed by atoms with Gasteiger partial charge in [0.25, 0.3) is 5.91 Å². The highest BCUT2D eigenvalue weighted by Gasteiger charge is 2.22. The highest BCUT2D eigenvalue weighted by molar-refractivity contribution is 5.93. The summed E-state index contributed by atoms with van der Waals surface area (Å²) in [5, 5.41) is 3.18. The van der Waals surface area contributed by atoms with Gasteiger partial charge < -0.3 is 24.6 Å². The molecule has 1 aromatic carbocycles. The first-order chi connectivity index (χ1) is 13.1. The minimum atomic E-state index is -0.0662. The number of aromatic nitrogens is 2. The molecule has 1 aliphatic heterocycles. The van der Waals surface area contributed by atoms with Crippen LogP contribution in [-0.2, 0) is 0 Å². The van der Waals surface area contributed by atoms with E-state index in [1.54, 1.807) is 20.3 Å². The maximum absolute atomic E-state index is 12.7. The van der Waals surface area contributed by atoms with Gasteiger partial charge in [0.05, 0.1) is 14.2 Å². The van der Waals surface area contributed by atoms with Crippen LogP contribution in [0, 0.1) is 0 Å². The summed E-state index contributed by atoms with van der Waals surface area (Å²) in [6.45, 7) is 6.36. The molecule has 3 rings (SSSR count). The van der Waals surface area contributed by atoms with Crippen LogP contribution in [0.25, 0.3) is 0 Å². The Morgan fingerprint density at radius 2 is 1.81 bits per heavy atom. The van der Waals surface area contributed by atoms with Gasteiger partial charge in [0.15, 0.2) is 11.5 Å². The van der Waals surface area contributed by atoms with Gasteiger partial charge in [-0.15, -0.1) is 0 Å². The molecule has 0 spiro atoms. The number of ether oxygens (including phenoxy) is 2. The zero-order valence-electron chi connectivity index (χ0n) is 15.9. The van der Waals surface area contributed by atoms with E-state index in [1.807, 2.05) is 23.1 Å². The van der Waals surface area contributed by atoms with Gasteiger partial charge in [-0.05, 0) is 18.7 Å². The van der Waals surface area contributed by atoms with E-state index in [2.05, 4.69) is 27.1 Å². The van der Waals surface area contributed by atoms with E-state index < -0.39 is 0 Å². The predicted molar refractivity (Wildman–Crippen MR) is 103 cm³/mol. The van der Waals surface area contributed by atoms with Crippen molar-refractivity contribution in [3.8, 4) is 11.5 Å². The van der Waals surface area contributed by atoms with Gasteiger partial charge in [-0.1, -0.05) is 6.92 Å². The number of amides is 1. The summed E-state index contributed by atoms with van der Waals surface area (Å²) in [7, 11) is 3.18. The smallest absolute Gasteiger partial charge is 0.272 e. The molecule has 2 aromatic rings. The third-order valence-electron chi connectivity index (χ3n) is 4.65. The first-order valence-corrected chi connectivity index (χ1v) is 8.97. The van der Waals surface area contributed by atoms with E-state index >= 15 is 0 Å². The number of nitrogens with zero attached hydrogens (tertiary/aromatic N) is 4. The van der Waals surface area contributed by atoms with Crippen molar-refractivity contribution in [3.63, 3.8) is 0 Å². The molecule has 2 heterocycles. The van der Waals surface area contributed by atoms with Crippen LogP contribution in [0.2, 0.25) is 0 Å². The number of hydrogen-bond donors (Lipinski definition) is 1. The lowest BCUT2D eigenvalue weighted by Crippen LogP contribution is -2.48. The van der Waals surface area contributed by atoms with Crippen LogP contribution in [0.15, 0.2) is 30.6 Å². The van der Waals surface area contributed by atoms with Crippen LogP contribution < -0.4 is 14.8 Å². The lowest BCUT2D eigenvalue weighted by Gasteiger charge is -2.33. The highest BCUT2D eigenvalue weighted by Crippen LogP contribution is 2.30. The van der Waals surface area contributed by atoms with Crippen molar-refractivity contribution in [2.24, 2.45) is 0 Å². The summed E-state index contributed by atoms with van der Waals surface area (Å²) < 4.78 is 10.6. The van der Waals surface area contributed by atoms with Crippen LogP contribution >= 0.6 is 0 Å². The van der Waals surface area contributed by atoms with Crippen molar-refractivity contribution >= 4 is 17.4 Å². The molecular weight excluding hydrogens is 346 g/mol. The summed E-state index contributed by atoms with van der Waals surface area (Å²) >= 11 is 0. The zero-order chi connectivity index (χ0) is 19.2. The Labute approximate surface area is 159 Å². The summed E-state index contributed by atoms with van der Waals surface area (Å²) in [4.78, 5) is 25.3. The number of piperazine rings is 1. The highest BCUT2D eigenvalue weighted by atomic mass is 16.5. The second kappa shape index (κ2) is 8.68. The summed E-state index contributed by atoms with van der Waals surface area (Å²) in [6.07, 6.45) is 1.40. The average Bonchev–Trinajstić information content (AvgIpc) is 2.73. The monoisotopic (exact) mass is 371 g/mol. The fraction of sp³-hybridized carbons (Fsp3) is 0.421. The standard InChI is InChI=1S/C19H25N5O3/c1-4-23-7-9-24(10-8-23)19(25)15-12-18(21-13-20-15)22-14-5-6-16(26-2)17(11-14)27-3/h5-6,11-13H,4,7-10H2,1-3H3,(H,20,21,22). The predicted octanol–water partition coefficient (Wildman–Crippen LogP) is 2.02. The molecule has 8 heteroatoms. The number of methoxy groups -OCH3 is 2. The van der Waals surface area contributed by atoms with Crippen LogP contribution in [0.4, 0.5) is 11.5 Å². The summed E-state index contributed by atoms with van der Waals surface area (Å²) in [6, 6.07) is 7.15. The fourth-order valence-electron chi connectivity index (χ4n) is 3.03. The molecule has 1 N–H and O–H groups in total. The molecule has 0 bridgehead atoms. The Bertz CT molecular complexity index is 791. The lowest BCUT2D eigenvalue weighted by atomic mass is 10.2. The molecule has 144 valence electrons. The van der Waals surface area contributed by atoms with Gasteiger partial charge in [0, 0.05) is 44.0 Å². The number of hydrogen-bond acceptors (Lipinski definition) is 7. The van der Waals surface area contributed by atoms with Crippen molar-refractivity contribution < 1.29 is 14.3 Å². The van der Waals surface area contributed by atoms with E-state index in [4.69, 9.17) is 9.47 Å². The van der Waals surface area contributed by atoms with Gasteiger partial charge >= 0.3 is 0 Å². The third kappa shape index (κ3) is 4.46. The Kier molecular flexibility index (Phi) is 6.08. The number of likely N-dealkylation sites (N-methyl/N-ethyl adjacent to an activating group) is 1. The normalized spacial score (nSPS) is 14.7. The second-order valence-corrected chi connectivity index (χ2v) is 6.21. The molecule has 1 fully saturated rings. The first kappa shape index (κ1) is 18.9.